The lowest BCUT2D eigenvalue weighted by Crippen LogP contribution is -2.24. The molecule has 0 amide bonds. The molecule has 2 aromatic rings. The van der Waals surface area contributed by atoms with Crippen LogP contribution < -0.4 is 10.5 Å². The molecule has 2 aromatic carbocycles. The maximum Gasteiger partial charge on any atom is 0.122 e. The zero-order valence-corrected chi connectivity index (χ0v) is 12.6. The maximum absolute atomic E-state index is 6.09. The minimum Gasteiger partial charge on any atom is -0.493 e. The van der Waals surface area contributed by atoms with E-state index < -0.39 is 0 Å². The lowest BCUT2D eigenvalue weighted by atomic mass is 9.78. The molecule has 2 nitrogen and oxygen atoms in total. The fraction of sp³-hybridized carbons (Fsp3) is 0.368. The Morgan fingerprint density at radius 3 is 2.71 bits per heavy atom. The van der Waals surface area contributed by atoms with E-state index >= 15 is 0 Å². The van der Waals surface area contributed by atoms with Crippen molar-refractivity contribution in [1.82, 2.24) is 0 Å². The van der Waals surface area contributed by atoms with Gasteiger partial charge in [0.25, 0.3) is 0 Å². The Kier molecular flexibility index (Phi) is 4.26. The zero-order valence-electron chi connectivity index (χ0n) is 12.6. The van der Waals surface area contributed by atoms with Gasteiger partial charge in [-0.15, -0.1) is 0 Å². The fourth-order valence-corrected chi connectivity index (χ4v) is 2.94. The predicted octanol–water partition coefficient (Wildman–Crippen LogP) is 3.69. The second-order valence-corrected chi connectivity index (χ2v) is 5.89. The van der Waals surface area contributed by atoms with Gasteiger partial charge < -0.3 is 10.5 Å². The monoisotopic (exact) mass is 281 g/mol. The van der Waals surface area contributed by atoms with Crippen LogP contribution >= 0.6 is 0 Å². The van der Waals surface area contributed by atoms with Crippen LogP contribution in [0.15, 0.2) is 48.5 Å². The highest BCUT2D eigenvalue weighted by Gasteiger charge is 2.26. The van der Waals surface area contributed by atoms with Crippen molar-refractivity contribution in [1.29, 1.82) is 0 Å². The Morgan fingerprint density at radius 1 is 1.14 bits per heavy atom. The third kappa shape index (κ3) is 3.11. The van der Waals surface area contributed by atoms with E-state index in [1.54, 1.807) is 0 Å². The van der Waals surface area contributed by atoms with Gasteiger partial charge >= 0.3 is 0 Å². The van der Waals surface area contributed by atoms with Gasteiger partial charge in [-0.3, -0.25) is 0 Å². The number of hydrogen-bond donors (Lipinski definition) is 1. The van der Waals surface area contributed by atoms with Gasteiger partial charge in [0.1, 0.15) is 5.75 Å². The van der Waals surface area contributed by atoms with Crippen molar-refractivity contribution in [2.75, 3.05) is 6.61 Å². The van der Waals surface area contributed by atoms with E-state index in [1.807, 2.05) is 6.07 Å². The van der Waals surface area contributed by atoms with Crippen LogP contribution in [-0.2, 0) is 12.8 Å². The molecule has 2 unspecified atom stereocenters. The van der Waals surface area contributed by atoms with E-state index in [1.165, 1.54) is 16.7 Å². The number of rotatable bonds is 6. The number of benzene rings is 2. The van der Waals surface area contributed by atoms with Gasteiger partial charge in [0, 0.05) is 12.0 Å². The first-order valence-electron chi connectivity index (χ1n) is 7.82. The van der Waals surface area contributed by atoms with Crippen LogP contribution in [-0.4, -0.2) is 12.6 Å². The number of ether oxygens (including phenoxy) is 1. The summed E-state index contributed by atoms with van der Waals surface area (Å²) in [5, 5.41) is 0. The predicted molar refractivity (Wildman–Crippen MR) is 86.8 cm³/mol. The van der Waals surface area contributed by atoms with Crippen LogP contribution in [0.25, 0.3) is 0 Å². The molecule has 0 radical (unpaired) electrons. The largest absolute Gasteiger partial charge is 0.493 e. The second kappa shape index (κ2) is 6.31. The van der Waals surface area contributed by atoms with Crippen molar-refractivity contribution in [2.45, 2.75) is 38.1 Å². The number of nitrogens with two attached hydrogens (primary N) is 1. The molecule has 1 aliphatic carbocycles. The lowest BCUT2D eigenvalue weighted by Gasteiger charge is -2.30. The topological polar surface area (TPSA) is 35.2 Å². The molecule has 0 saturated carbocycles. The highest BCUT2D eigenvalue weighted by atomic mass is 16.5. The zero-order chi connectivity index (χ0) is 14.7. The van der Waals surface area contributed by atoms with Gasteiger partial charge in [-0.25, -0.2) is 0 Å². The van der Waals surface area contributed by atoms with Crippen LogP contribution in [0.4, 0.5) is 0 Å². The smallest absolute Gasteiger partial charge is 0.122 e. The maximum atomic E-state index is 6.09. The SMILES string of the molecule is CCC(N)Cc1ccccc1OCC1Cc2ccccc21. The van der Waals surface area contributed by atoms with Gasteiger partial charge in [-0.05, 0) is 42.0 Å². The Labute approximate surface area is 126 Å². The Balaban J connectivity index is 1.64. The van der Waals surface area contributed by atoms with Crippen molar-refractivity contribution < 1.29 is 4.74 Å². The van der Waals surface area contributed by atoms with Crippen molar-refractivity contribution in [3.8, 4) is 5.75 Å². The van der Waals surface area contributed by atoms with Crippen LogP contribution in [0.5, 0.6) is 5.75 Å². The number of hydrogen-bond acceptors (Lipinski definition) is 2. The minimum atomic E-state index is 0.208. The van der Waals surface area contributed by atoms with E-state index in [0.717, 1.165) is 31.6 Å². The summed E-state index contributed by atoms with van der Waals surface area (Å²) in [5.74, 6) is 1.53. The van der Waals surface area contributed by atoms with Gasteiger partial charge in [0.05, 0.1) is 6.61 Å². The lowest BCUT2D eigenvalue weighted by molar-refractivity contribution is 0.272. The van der Waals surface area contributed by atoms with E-state index in [4.69, 9.17) is 10.5 Å². The molecule has 1 aliphatic rings. The summed E-state index contributed by atoms with van der Waals surface area (Å²) in [6.45, 7) is 2.88. The molecule has 0 bridgehead atoms. The normalized spacial score (nSPS) is 17.7. The quantitative estimate of drug-likeness (QED) is 0.876. The first-order valence-corrected chi connectivity index (χ1v) is 7.82. The van der Waals surface area contributed by atoms with Crippen molar-refractivity contribution in [3.05, 3.63) is 65.2 Å². The molecule has 2 atom stereocenters. The van der Waals surface area contributed by atoms with Gasteiger partial charge in [0.15, 0.2) is 0 Å². The molecular weight excluding hydrogens is 258 g/mol. The van der Waals surface area contributed by atoms with Gasteiger partial charge in [-0.2, -0.15) is 0 Å². The van der Waals surface area contributed by atoms with E-state index in [0.29, 0.717) is 5.92 Å². The summed E-state index contributed by atoms with van der Waals surface area (Å²) in [7, 11) is 0. The third-order valence-electron chi connectivity index (χ3n) is 4.38. The molecule has 21 heavy (non-hydrogen) atoms. The van der Waals surface area contributed by atoms with Crippen LogP contribution in [0.1, 0.15) is 36.0 Å². The van der Waals surface area contributed by atoms with Crippen molar-refractivity contribution in [2.24, 2.45) is 5.73 Å². The first kappa shape index (κ1) is 14.2. The van der Waals surface area contributed by atoms with E-state index in [2.05, 4.69) is 49.4 Å². The summed E-state index contributed by atoms with van der Waals surface area (Å²) in [5.41, 5.74) is 10.2. The second-order valence-electron chi connectivity index (χ2n) is 5.89. The van der Waals surface area contributed by atoms with Gasteiger partial charge in [-0.1, -0.05) is 49.4 Å². The summed E-state index contributed by atoms with van der Waals surface area (Å²) in [6, 6.07) is 17.1. The van der Waals surface area contributed by atoms with E-state index in [9.17, 15) is 0 Å². The average Bonchev–Trinajstić information content (AvgIpc) is 2.49. The first-order chi connectivity index (χ1) is 10.3. The molecule has 0 saturated heterocycles. The van der Waals surface area contributed by atoms with Crippen molar-refractivity contribution >= 4 is 0 Å². The fourth-order valence-electron chi connectivity index (χ4n) is 2.94. The standard InChI is InChI=1S/C19H23NO/c1-2-17(20)12-15-8-4-6-10-19(15)21-13-16-11-14-7-3-5-9-18(14)16/h3-10,16-17H,2,11-13,20H2,1H3. The summed E-state index contributed by atoms with van der Waals surface area (Å²) in [4.78, 5) is 0. The highest BCUT2D eigenvalue weighted by molar-refractivity contribution is 5.40. The molecule has 110 valence electrons. The molecule has 0 aromatic heterocycles. The Morgan fingerprint density at radius 2 is 1.90 bits per heavy atom. The van der Waals surface area contributed by atoms with E-state index in [-0.39, 0.29) is 6.04 Å². The number of fused-ring (bicyclic) bond motifs is 1. The summed E-state index contributed by atoms with van der Waals surface area (Å²) in [6.07, 6.45) is 3.01. The minimum absolute atomic E-state index is 0.208. The molecule has 2 heteroatoms. The molecule has 3 rings (SSSR count). The molecule has 0 spiro atoms. The highest BCUT2D eigenvalue weighted by Crippen LogP contribution is 2.35. The molecule has 0 heterocycles. The molecule has 0 aliphatic heterocycles. The van der Waals surface area contributed by atoms with Crippen LogP contribution in [0, 0.1) is 0 Å². The van der Waals surface area contributed by atoms with Gasteiger partial charge in [0.2, 0.25) is 0 Å². The van der Waals surface area contributed by atoms with Crippen LogP contribution in [0.2, 0.25) is 0 Å². The van der Waals surface area contributed by atoms with Crippen LogP contribution in [0.3, 0.4) is 0 Å². The Bertz CT molecular complexity index is 608. The summed E-state index contributed by atoms with van der Waals surface area (Å²) < 4.78 is 6.09. The molecular formula is C19H23NO. The summed E-state index contributed by atoms with van der Waals surface area (Å²) >= 11 is 0. The molecule has 0 fully saturated rings. The third-order valence-corrected chi connectivity index (χ3v) is 4.38. The average molecular weight is 281 g/mol. The van der Waals surface area contributed by atoms with Crippen molar-refractivity contribution in [3.63, 3.8) is 0 Å². The molecule has 2 N–H and O–H groups in total. The Hall–Kier alpha value is -1.80. The number of para-hydroxylation sites is 1.